The number of aryl methyl sites for hydroxylation is 1. The SMILES string of the molecule is COc1ccc2c(c1)C1(CC1)CNC2c1ccccc1C. The maximum absolute atomic E-state index is 5.45. The number of methoxy groups -OCH3 is 1. The monoisotopic (exact) mass is 279 g/mol. The van der Waals surface area contributed by atoms with Gasteiger partial charge in [0, 0.05) is 12.0 Å². The summed E-state index contributed by atoms with van der Waals surface area (Å²) < 4.78 is 5.45. The summed E-state index contributed by atoms with van der Waals surface area (Å²) in [4.78, 5) is 0. The fraction of sp³-hybridized carbons (Fsp3) is 0.368. The molecular formula is C19H21NO. The number of ether oxygens (including phenoxy) is 1. The predicted octanol–water partition coefficient (Wildman–Crippen LogP) is 3.73. The summed E-state index contributed by atoms with van der Waals surface area (Å²) in [6.07, 6.45) is 2.58. The van der Waals surface area contributed by atoms with E-state index in [1.165, 1.54) is 35.1 Å². The minimum atomic E-state index is 0.304. The van der Waals surface area contributed by atoms with E-state index in [2.05, 4.69) is 54.7 Å². The molecule has 1 heterocycles. The van der Waals surface area contributed by atoms with Gasteiger partial charge in [0.1, 0.15) is 5.75 Å². The van der Waals surface area contributed by atoms with Crippen molar-refractivity contribution in [3.05, 3.63) is 64.7 Å². The van der Waals surface area contributed by atoms with Crippen molar-refractivity contribution < 1.29 is 4.74 Å². The topological polar surface area (TPSA) is 21.3 Å². The molecule has 4 rings (SSSR count). The van der Waals surface area contributed by atoms with Gasteiger partial charge in [0.2, 0.25) is 0 Å². The number of nitrogens with one attached hydrogen (secondary N) is 1. The van der Waals surface area contributed by atoms with Gasteiger partial charge in [-0.05, 0) is 54.2 Å². The van der Waals surface area contributed by atoms with Crippen LogP contribution in [-0.2, 0) is 5.41 Å². The van der Waals surface area contributed by atoms with Crippen molar-refractivity contribution in [3.63, 3.8) is 0 Å². The number of hydrogen-bond acceptors (Lipinski definition) is 2. The van der Waals surface area contributed by atoms with Gasteiger partial charge in [-0.15, -0.1) is 0 Å². The van der Waals surface area contributed by atoms with E-state index in [1.54, 1.807) is 7.11 Å². The first-order valence-electron chi connectivity index (χ1n) is 7.71. The van der Waals surface area contributed by atoms with Crippen LogP contribution in [-0.4, -0.2) is 13.7 Å². The third kappa shape index (κ3) is 1.97. The fourth-order valence-electron chi connectivity index (χ4n) is 3.66. The molecule has 1 fully saturated rings. The molecule has 1 spiro atoms. The average Bonchev–Trinajstić information content (AvgIpc) is 3.29. The summed E-state index contributed by atoms with van der Waals surface area (Å²) in [5.74, 6) is 0.977. The highest BCUT2D eigenvalue weighted by Gasteiger charge is 2.49. The van der Waals surface area contributed by atoms with Crippen molar-refractivity contribution in [3.8, 4) is 5.75 Å². The zero-order valence-corrected chi connectivity index (χ0v) is 12.6. The van der Waals surface area contributed by atoms with Crippen molar-refractivity contribution in [2.24, 2.45) is 0 Å². The second-order valence-corrected chi connectivity index (χ2v) is 6.40. The Hall–Kier alpha value is -1.80. The molecule has 1 saturated carbocycles. The quantitative estimate of drug-likeness (QED) is 0.904. The Morgan fingerprint density at radius 3 is 2.62 bits per heavy atom. The van der Waals surface area contributed by atoms with Gasteiger partial charge >= 0.3 is 0 Å². The summed E-state index contributed by atoms with van der Waals surface area (Å²) in [5.41, 5.74) is 6.02. The highest BCUT2D eigenvalue weighted by molar-refractivity contribution is 5.51. The Morgan fingerprint density at radius 2 is 1.90 bits per heavy atom. The van der Waals surface area contributed by atoms with Crippen LogP contribution in [0.3, 0.4) is 0 Å². The molecule has 2 nitrogen and oxygen atoms in total. The Bertz CT molecular complexity index is 688. The second-order valence-electron chi connectivity index (χ2n) is 6.40. The Morgan fingerprint density at radius 1 is 1.10 bits per heavy atom. The Kier molecular flexibility index (Phi) is 2.83. The van der Waals surface area contributed by atoms with Crippen LogP contribution in [0.1, 0.15) is 41.1 Å². The lowest BCUT2D eigenvalue weighted by atomic mass is 9.81. The minimum Gasteiger partial charge on any atom is -0.497 e. The lowest BCUT2D eigenvalue weighted by Crippen LogP contribution is -2.38. The lowest BCUT2D eigenvalue weighted by Gasteiger charge is -2.34. The molecule has 2 aromatic carbocycles. The molecule has 21 heavy (non-hydrogen) atoms. The maximum atomic E-state index is 5.45. The van der Waals surface area contributed by atoms with E-state index in [0.717, 1.165) is 12.3 Å². The van der Waals surface area contributed by atoms with Gasteiger partial charge in [-0.1, -0.05) is 30.3 Å². The highest BCUT2D eigenvalue weighted by atomic mass is 16.5. The largest absolute Gasteiger partial charge is 0.497 e. The standard InChI is InChI=1S/C19H21NO/c1-13-5-3-4-6-15(13)18-16-8-7-14(21-2)11-17(16)19(9-10-19)12-20-18/h3-8,11,18,20H,9-10,12H2,1-2H3. The molecule has 0 bridgehead atoms. The van der Waals surface area contributed by atoms with Crippen LogP contribution in [0.2, 0.25) is 0 Å². The van der Waals surface area contributed by atoms with E-state index in [9.17, 15) is 0 Å². The molecule has 1 aliphatic carbocycles. The normalized spacial score (nSPS) is 21.9. The van der Waals surface area contributed by atoms with Gasteiger partial charge in [0.25, 0.3) is 0 Å². The van der Waals surface area contributed by atoms with E-state index < -0.39 is 0 Å². The van der Waals surface area contributed by atoms with E-state index in [4.69, 9.17) is 4.74 Å². The Balaban J connectivity index is 1.85. The molecule has 0 amide bonds. The smallest absolute Gasteiger partial charge is 0.119 e. The number of fused-ring (bicyclic) bond motifs is 2. The third-order valence-corrected chi connectivity index (χ3v) is 5.14. The summed E-state index contributed by atoms with van der Waals surface area (Å²) in [6, 6.07) is 15.6. The van der Waals surface area contributed by atoms with Crippen molar-refractivity contribution in [1.82, 2.24) is 5.32 Å². The maximum Gasteiger partial charge on any atom is 0.119 e. The number of rotatable bonds is 2. The molecule has 2 aromatic rings. The second kappa shape index (κ2) is 4.60. The van der Waals surface area contributed by atoms with Crippen molar-refractivity contribution in [2.45, 2.75) is 31.2 Å². The van der Waals surface area contributed by atoms with E-state index >= 15 is 0 Å². The van der Waals surface area contributed by atoms with Crippen LogP contribution in [0.15, 0.2) is 42.5 Å². The van der Waals surface area contributed by atoms with Crippen molar-refractivity contribution in [1.29, 1.82) is 0 Å². The minimum absolute atomic E-state index is 0.304. The molecule has 1 atom stereocenters. The van der Waals surface area contributed by atoms with E-state index in [0.29, 0.717) is 11.5 Å². The average molecular weight is 279 g/mol. The van der Waals surface area contributed by atoms with Crippen molar-refractivity contribution in [2.75, 3.05) is 13.7 Å². The van der Waals surface area contributed by atoms with Gasteiger partial charge in [-0.2, -0.15) is 0 Å². The molecule has 1 N–H and O–H groups in total. The predicted molar refractivity (Wildman–Crippen MR) is 84.9 cm³/mol. The first kappa shape index (κ1) is 12.9. The first-order valence-corrected chi connectivity index (χ1v) is 7.71. The number of benzene rings is 2. The summed E-state index contributed by atoms with van der Waals surface area (Å²) in [7, 11) is 1.75. The van der Waals surface area contributed by atoms with Crippen LogP contribution >= 0.6 is 0 Å². The molecular weight excluding hydrogens is 258 g/mol. The molecule has 0 aromatic heterocycles. The van der Waals surface area contributed by atoms with Crippen LogP contribution in [0.4, 0.5) is 0 Å². The third-order valence-electron chi connectivity index (χ3n) is 5.14. The molecule has 2 heteroatoms. The van der Waals surface area contributed by atoms with Gasteiger partial charge in [0.15, 0.2) is 0 Å². The molecule has 0 radical (unpaired) electrons. The van der Waals surface area contributed by atoms with Crippen LogP contribution < -0.4 is 10.1 Å². The number of hydrogen-bond donors (Lipinski definition) is 1. The fourth-order valence-corrected chi connectivity index (χ4v) is 3.66. The first-order chi connectivity index (χ1) is 10.2. The van der Waals surface area contributed by atoms with Gasteiger partial charge in [0.05, 0.1) is 13.2 Å². The van der Waals surface area contributed by atoms with Crippen LogP contribution in [0, 0.1) is 6.92 Å². The van der Waals surface area contributed by atoms with Crippen molar-refractivity contribution >= 4 is 0 Å². The van der Waals surface area contributed by atoms with Crippen LogP contribution in [0.25, 0.3) is 0 Å². The van der Waals surface area contributed by atoms with Crippen LogP contribution in [0.5, 0.6) is 5.75 Å². The van der Waals surface area contributed by atoms with E-state index in [1.807, 2.05) is 0 Å². The van der Waals surface area contributed by atoms with Gasteiger partial charge < -0.3 is 10.1 Å². The summed E-state index contributed by atoms with van der Waals surface area (Å²) in [6.45, 7) is 3.27. The lowest BCUT2D eigenvalue weighted by molar-refractivity contribution is 0.410. The van der Waals surface area contributed by atoms with Gasteiger partial charge in [-0.25, -0.2) is 0 Å². The molecule has 0 saturated heterocycles. The van der Waals surface area contributed by atoms with Gasteiger partial charge in [-0.3, -0.25) is 0 Å². The summed E-state index contributed by atoms with van der Waals surface area (Å²) >= 11 is 0. The molecule has 108 valence electrons. The molecule has 2 aliphatic rings. The molecule has 1 unspecified atom stereocenters. The van der Waals surface area contributed by atoms with E-state index in [-0.39, 0.29) is 0 Å². The highest BCUT2D eigenvalue weighted by Crippen LogP contribution is 2.53. The molecule has 1 aliphatic heterocycles. The Labute approximate surface area is 126 Å². The summed E-state index contributed by atoms with van der Waals surface area (Å²) in [5, 5.41) is 3.78. The zero-order chi connectivity index (χ0) is 14.4. The zero-order valence-electron chi connectivity index (χ0n) is 12.6.